The van der Waals surface area contributed by atoms with Crippen molar-refractivity contribution in [3.8, 4) is 0 Å². The highest BCUT2D eigenvalue weighted by molar-refractivity contribution is 5.81. The van der Waals surface area contributed by atoms with E-state index >= 15 is 0 Å². The third-order valence-corrected chi connectivity index (χ3v) is 4.41. The first-order valence-electron chi connectivity index (χ1n) is 8.11. The summed E-state index contributed by atoms with van der Waals surface area (Å²) in [6.07, 6.45) is 4.08. The van der Waals surface area contributed by atoms with E-state index in [9.17, 15) is 9.59 Å². The number of nitrogens with zero attached hydrogens (tertiary/aromatic N) is 3. The van der Waals surface area contributed by atoms with Crippen LogP contribution in [0.25, 0.3) is 10.8 Å². The van der Waals surface area contributed by atoms with Crippen LogP contribution in [0.1, 0.15) is 19.8 Å². The smallest absolute Gasteiger partial charge is 0.275 e. The standard InChI is InChI=1S/C17H22N4O2/c1-13(20-8-4-5-9-20)10-18-16(22)12-21-17(23)15-7-3-2-6-14(15)11-19-21/h2-3,6-7,11,13H,4-5,8-10,12H2,1H3,(H,18,22)/t13-/m1/s1. The van der Waals surface area contributed by atoms with Crippen molar-refractivity contribution in [2.45, 2.75) is 32.4 Å². The van der Waals surface area contributed by atoms with Gasteiger partial charge in [-0.05, 0) is 38.9 Å². The molecule has 2 aromatic rings. The molecule has 1 aromatic carbocycles. The highest BCUT2D eigenvalue weighted by Crippen LogP contribution is 2.10. The highest BCUT2D eigenvalue weighted by Gasteiger charge is 2.18. The number of aromatic nitrogens is 2. The van der Waals surface area contributed by atoms with Crippen LogP contribution in [-0.4, -0.2) is 46.3 Å². The predicted octanol–water partition coefficient (Wildman–Crippen LogP) is 0.997. The van der Waals surface area contributed by atoms with Gasteiger partial charge in [-0.2, -0.15) is 5.10 Å². The molecule has 0 aliphatic carbocycles. The van der Waals surface area contributed by atoms with Crippen LogP contribution in [0.5, 0.6) is 0 Å². The van der Waals surface area contributed by atoms with E-state index < -0.39 is 0 Å². The normalized spacial score (nSPS) is 16.6. The lowest BCUT2D eigenvalue weighted by Gasteiger charge is -2.23. The molecule has 23 heavy (non-hydrogen) atoms. The topological polar surface area (TPSA) is 67.2 Å². The Morgan fingerprint density at radius 2 is 2.04 bits per heavy atom. The van der Waals surface area contributed by atoms with E-state index in [0.29, 0.717) is 18.0 Å². The highest BCUT2D eigenvalue weighted by atomic mass is 16.2. The molecule has 1 aliphatic rings. The number of hydrogen-bond acceptors (Lipinski definition) is 4. The minimum atomic E-state index is -0.231. The van der Waals surface area contributed by atoms with Gasteiger partial charge in [0.05, 0.1) is 11.6 Å². The number of likely N-dealkylation sites (tertiary alicyclic amines) is 1. The van der Waals surface area contributed by atoms with Crippen LogP contribution in [0.3, 0.4) is 0 Å². The molecule has 0 radical (unpaired) electrons. The zero-order valence-corrected chi connectivity index (χ0v) is 13.4. The molecule has 1 N–H and O–H groups in total. The number of hydrogen-bond donors (Lipinski definition) is 1. The summed E-state index contributed by atoms with van der Waals surface area (Å²) in [6.45, 7) is 4.87. The van der Waals surface area contributed by atoms with Crippen molar-refractivity contribution in [2.75, 3.05) is 19.6 Å². The van der Waals surface area contributed by atoms with Gasteiger partial charge < -0.3 is 5.32 Å². The first-order chi connectivity index (χ1) is 11.1. The fourth-order valence-corrected chi connectivity index (χ4v) is 3.01. The molecular weight excluding hydrogens is 292 g/mol. The van der Waals surface area contributed by atoms with E-state index in [2.05, 4.69) is 22.2 Å². The molecule has 0 unspecified atom stereocenters. The van der Waals surface area contributed by atoms with Gasteiger partial charge in [-0.3, -0.25) is 14.5 Å². The molecule has 6 heteroatoms. The molecule has 0 saturated carbocycles. The van der Waals surface area contributed by atoms with Crippen molar-refractivity contribution >= 4 is 16.7 Å². The molecule has 1 saturated heterocycles. The number of rotatable bonds is 5. The Balaban J connectivity index is 1.61. The van der Waals surface area contributed by atoms with Gasteiger partial charge in [-0.15, -0.1) is 0 Å². The fraction of sp³-hybridized carbons (Fsp3) is 0.471. The number of carbonyl (C=O) groups excluding carboxylic acids is 1. The molecule has 0 bridgehead atoms. The first-order valence-corrected chi connectivity index (χ1v) is 8.11. The van der Waals surface area contributed by atoms with Gasteiger partial charge >= 0.3 is 0 Å². The molecular formula is C17H22N4O2. The SMILES string of the molecule is C[C@H](CNC(=O)Cn1ncc2ccccc2c1=O)N1CCCC1. The van der Waals surface area contributed by atoms with Gasteiger partial charge in [-0.1, -0.05) is 18.2 Å². The molecule has 1 amide bonds. The number of benzene rings is 1. The van der Waals surface area contributed by atoms with E-state index in [-0.39, 0.29) is 18.0 Å². The molecule has 1 aromatic heterocycles. The van der Waals surface area contributed by atoms with E-state index in [1.54, 1.807) is 12.3 Å². The molecule has 6 nitrogen and oxygen atoms in total. The largest absolute Gasteiger partial charge is 0.353 e. The van der Waals surface area contributed by atoms with Gasteiger partial charge in [0.25, 0.3) is 5.56 Å². The Morgan fingerprint density at radius 1 is 1.30 bits per heavy atom. The third kappa shape index (κ3) is 3.59. The Labute approximate surface area is 135 Å². The molecule has 1 aliphatic heterocycles. The predicted molar refractivity (Wildman–Crippen MR) is 89.3 cm³/mol. The van der Waals surface area contributed by atoms with Crippen molar-refractivity contribution in [1.29, 1.82) is 0 Å². The van der Waals surface area contributed by atoms with E-state index in [1.165, 1.54) is 17.5 Å². The Kier molecular flexibility index (Phi) is 4.71. The van der Waals surface area contributed by atoms with E-state index in [0.717, 1.165) is 18.5 Å². The number of fused-ring (bicyclic) bond motifs is 1. The quantitative estimate of drug-likeness (QED) is 0.894. The maximum absolute atomic E-state index is 12.3. The van der Waals surface area contributed by atoms with Crippen LogP contribution >= 0.6 is 0 Å². The van der Waals surface area contributed by atoms with Crippen molar-refractivity contribution in [3.05, 3.63) is 40.8 Å². The average Bonchev–Trinajstić information content (AvgIpc) is 3.10. The summed E-state index contributed by atoms with van der Waals surface area (Å²) in [5.74, 6) is -0.180. The number of amides is 1. The summed E-state index contributed by atoms with van der Waals surface area (Å²) in [5, 5.41) is 8.36. The lowest BCUT2D eigenvalue weighted by molar-refractivity contribution is -0.122. The Hall–Kier alpha value is -2.21. The minimum Gasteiger partial charge on any atom is -0.353 e. The van der Waals surface area contributed by atoms with Crippen molar-refractivity contribution in [2.24, 2.45) is 0 Å². The summed E-state index contributed by atoms with van der Waals surface area (Å²) in [4.78, 5) is 26.8. The van der Waals surface area contributed by atoms with E-state index in [1.807, 2.05) is 18.2 Å². The van der Waals surface area contributed by atoms with Crippen LogP contribution in [0.4, 0.5) is 0 Å². The van der Waals surface area contributed by atoms with Crippen LogP contribution in [-0.2, 0) is 11.3 Å². The van der Waals surface area contributed by atoms with E-state index in [4.69, 9.17) is 0 Å². The summed E-state index contributed by atoms with van der Waals surface area (Å²) in [6, 6.07) is 7.59. The van der Waals surface area contributed by atoms with Crippen molar-refractivity contribution in [3.63, 3.8) is 0 Å². The summed E-state index contributed by atoms with van der Waals surface area (Å²) >= 11 is 0. The Bertz CT molecular complexity index is 750. The van der Waals surface area contributed by atoms with Crippen LogP contribution < -0.4 is 10.9 Å². The lowest BCUT2D eigenvalue weighted by atomic mass is 10.2. The second kappa shape index (κ2) is 6.91. The van der Waals surface area contributed by atoms with Crippen LogP contribution in [0.15, 0.2) is 35.3 Å². The zero-order valence-electron chi connectivity index (χ0n) is 13.4. The Morgan fingerprint density at radius 3 is 2.83 bits per heavy atom. The van der Waals surface area contributed by atoms with Gasteiger partial charge in [-0.25, -0.2) is 4.68 Å². The molecule has 122 valence electrons. The zero-order chi connectivity index (χ0) is 16.2. The monoisotopic (exact) mass is 314 g/mol. The van der Waals surface area contributed by atoms with Crippen molar-refractivity contribution < 1.29 is 4.79 Å². The fourth-order valence-electron chi connectivity index (χ4n) is 3.01. The molecule has 0 spiro atoms. The summed E-state index contributed by atoms with van der Waals surface area (Å²) in [5.41, 5.74) is -0.231. The molecule has 1 fully saturated rings. The second-order valence-electron chi connectivity index (χ2n) is 6.09. The second-order valence-corrected chi connectivity index (χ2v) is 6.09. The van der Waals surface area contributed by atoms with Gasteiger partial charge in [0.2, 0.25) is 5.91 Å². The molecule has 1 atom stereocenters. The summed E-state index contributed by atoms with van der Waals surface area (Å²) < 4.78 is 1.22. The first kappa shape index (κ1) is 15.7. The number of carbonyl (C=O) groups is 1. The van der Waals surface area contributed by atoms with Gasteiger partial charge in [0.15, 0.2) is 0 Å². The van der Waals surface area contributed by atoms with Gasteiger partial charge in [0, 0.05) is 18.0 Å². The average molecular weight is 314 g/mol. The maximum Gasteiger partial charge on any atom is 0.275 e. The third-order valence-electron chi connectivity index (χ3n) is 4.41. The van der Waals surface area contributed by atoms with Crippen LogP contribution in [0.2, 0.25) is 0 Å². The molecule has 3 rings (SSSR count). The van der Waals surface area contributed by atoms with Crippen molar-refractivity contribution in [1.82, 2.24) is 20.0 Å². The molecule has 2 heterocycles. The lowest BCUT2D eigenvalue weighted by Crippen LogP contribution is -2.42. The van der Waals surface area contributed by atoms with Gasteiger partial charge in [0.1, 0.15) is 6.54 Å². The van der Waals surface area contributed by atoms with Crippen LogP contribution in [0, 0.1) is 0 Å². The number of nitrogens with one attached hydrogen (secondary N) is 1. The maximum atomic E-state index is 12.3. The minimum absolute atomic E-state index is 0.0453. The summed E-state index contributed by atoms with van der Waals surface area (Å²) in [7, 11) is 0.